The topological polar surface area (TPSA) is 97.6 Å². The first-order valence-electron chi connectivity index (χ1n) is 8.22. The number of nitrogens with zero attached hydrogens (tertiary/aromatic N) is 3. The fourth-order valence-electron chi connectivity index (χ4n) is 2.91. The van der Waals surface area contributed by atoms with Gasteiger partial charge in [-0.05, 0) is 67.6 Å². The van der Waals surface area contributed by atoms with Crippen molar-refractivity contribution in [1.82, 2.24) is 14.5 Å². The number of primary amides is 1. The van der Waals surface area contributed by atoms with Crippen LogP contribution < -0.4 is 11.2 Å². The number of aryl methyl sites for hydroxylation is 4. The van der Waals surface area contributed by atoms with E-state index in [9.17, 15) is 4.79 Å². The third-order valence-corrected chi connectivity index (χ3v) is 4.44. The summed E-state index contributed by atoms with van der Waals surface area (Å²) >= 11 is 0. The van der Waals surface area contributed by atoms with Gasteiger partial charge in [-0.3, -0.25) is 15.2 Å². The Hall–Kier alpha value is -3.02. The second kappa shape index (κ2) is 6.84. The van der Waals surface area contributed by atoms with E-state index in [4.69, 9.17) is 11.1 Å². The summed E-state index contributed by atoms with van der Waals surface area (Å²) in [6.07, 6.45) is 5.26. The largest absolute Gasteiger partial charge is 0.364 e. The van der Waals surface area contributed by atoms with Crippen LogP contribution in [0.1, 0.15) is 33.6 Å². The number of amides is 1. The number of hydrogen-bond donors (Lipinski definition) is 2. The maximum absolute atomic E-state index is 11.7. The molecule has 2 heterocycles. The highest BCUT2D eigenvalue weighted by atomic mass is 16.1. The van der Waals surface area contributed by atoms with Crippen LogP contribution in [0.5, 0.6) is 0 Å². The zero-order valence-electron chi connectivity index (χ0n) is 14.4. The van der Waals surface area contributed by atoms with Gasteiger partial charge in [0, 0.05) is 18.9 Å². The number of fused-ring (bicyclic) bond motifs is 1. The van der Waals surface area contributed by atoms with Gasteiger partial charge in [-0.25, -0.2) is 4.98 Å². The van der Waals surface area contributed by atoms with E-state index in [1.807, 2.05) is 42.7 Å². The van der Waals surface area contributed by atoms with Crippen molar-refractivity contribution in [2.24, 2.45) is 5.73 Å². The maximum Gasteiger partial charge on any atom is 0.271 e. The molecule has 0 saturated heterocycles. The van der Waals surface area contributed by atoms with Crippen molar-refractivity contribution < 1.29 is 4.79 Å². The number of pyridine rings is 1. The summed E-state index contributed by atoms with van der Waals surface area (Å²) < 4.78 is 1.83. The summed E-state index contributed by atoms with van der Waals surface area (Å²) in [4.78, 5) is 20.0. The summed E-state index contributed by atoms with van der Waals surface area (Å²) in [5.74, 6) is -0.673. The molecule has 0 aliphatic carbocycles. The van der Waals surface area contributed by atoms with Gasteiger partial charge < -0.3 is 10.3 Å². The molecule has 0 aliphatic heterocycles. The molecule has 0 bridgehead atoms. The number of benzene rings is 1. The third kappa shape index (κ3) is 3.42. The molecule has 0 fully saturated rings. The van der Waals surface area contributed by atoms with E-state index in [0.29, 0.717) is 12.1 Å². The van der Waals surface area contributed by atoms with Crippen LogP contribution in [0, 0.1) is 19.3 Å². The summed E-state index contributed by atoms with van der Waals surface area (Å²) in [5, 5.41) is 8.36. The molecule has 0 aliphatic rings. The summed E-state index contributed by atoms with van der Waals surface area (Å²) in [5.41, 5.74) is 10.5. The minimum atomic E-state index is -0.673. The van der Waals surface area contributed by atoms with Crippen molar-refractivity contribution in [3.63, 3.8) is 0 Å². The van der Waals surface area contributed by atoms with Crippen LogP contribution in [0.2, 0.25) is 0 Å². The minimum absolute atomic E-state index is 0.0136. The van der Waals surface area contributed by atoms with Crippen LogP contribution >= 0.6 is 0 Å². The molecule has 1 amide bonds. The molecule has 6 nitrogen and oxygen atoms in total. The zero-order valence-corrected chi connectivity index (χ0v) is 14.4. The lowest BCUT2D eigenvalue weighted by Gasteiger charge is -2.14. The van der Waals surface area contributed by atoms with Crippen molar-refractivity contribution >= 4 is 16.9 Å². The van der Waals surface area contributed by atoms with Crippen molar-refractivity contribution in [2.75, 3.05) is 0 Å². The van der Waals surface area contributed by atoms with Gasteiger partial charge >= 0.3 is 0 Å². The molecule has 25 heavy (non-hydrogen) atoms. The second-order valence-corrected chi connectivity index (χ2v) is 6.21. The Morgan fingerprint density at radius 1 is 1.20 bits per heavy atom. The summed E-state index contributed by atoms with van der Waals surface area (Å²) in [6.45, 7) is 4.65. The Balaban J connectivity index is 2.02. The van der Waals surface area contributed by atoms with Crippen LogP contribution in [-0.2, 0) is 13.0 Å². The normalized spacial score (nSPS) is 11.0. The van der Waals surface area contributed by atoms with Crippen LogP contribution in [0.15, 0.2) is 36.7 Å². The van der Waals surface area contributed by atoms with Crippen LogP contribution in [0.4, 0.5) is 0 Å². The number of rotatable bonds is 5. The van der Waals surface area contributed by atoms with Gasteiger partial charge in [0.25, 0.3) is 5.91 Å². The molecule has 0 unspecified atom stereocenters. The predicted molar refractivity (Wildman–Crippen MR) is 96.1 cm³/mol. The van der Waals surface area contributed by atoms with Gasteiger partial charge in [0.05, 0.1) is 11.0 Å². The first-order chi connectivity index (χ1) is 12.0. The number of hydrogen-bond acceptors (Lipinski definition) is 4. The van der Waals surface area contributed by atoms with Gasteiger partial charge in [-0.1, -0.05) is 0 Å². The Morgan fingerprint density at radius 2 is 1.88 bits per heavy atom. The zero-order chi connectivity index (χ0) is 18.0. The molecule has 1 aromatic carbocycles. The van der Waals surface area contributed by atoms with E-state index < -0.39 is 5.91 Å². The lowest BCUT2D eigenvalue weighted by atomic mass is 10.1. The molecule has 0 atom stereocenters. The highest BCUT2D eigenvalue weighted by molar-refractivity contribution is 5.92. The molecular weight excluding hydrogens is 314 g/mol. The first kappa shape index (κ1) is 16.8. The number of carbonyl (C=O) groups excluding carboxylic acids is 1. The monoisotopic (exact) mass is 335 g/mol. The molecule has 0 radical (unpaired) electrons. The molecule has 128 valence electrons. The fourth-order valence-corrected chi connectivity index (χ4v) is 2.91. The third-order valence-electron chi connectivity index (χ3n) is 4.44. The number of carbonyl (C=O) groups is 1. The van der Waals surface area contributed by atoms with E-state index >= 15 is 0 Å². The van der Waals surface area contributed by atoms with Crippen molar-refractivity contribution in [3.05, 3.63) is 64.5 Å². The molecule has 0 spiro atoms. The van der Waals surface area contributed by atoms with E-state index in [1.165, 1.54) is 5.56 Å². The SMILES string of the molecule is Cc1cc2nc(C(N)=O)c(=N)n(CCCc3ccncc3)c2cc1C. The maximum atomic E-state index is 11.7. The highest BCUT2D eigenvalue weighted by Crippen LogP contribution is 2.17. The highest BCUT2D eigenvalue weighted by Gasteiger charge is 2.13. The molecular formula is C19H21N5O. The Labute approximate surface area is 145 Å². The average molecular weight is 335 g/mol. The van der Waals surface area contributed by atoms with Gasteiger partial charge in [-0.2, -0.15) is 0 Å². The van der Waals surface area contributed by atoms with Gasteiger partial charge in [0.1, 0.15) is 0 Å². The lowest BCUT2D eigenvalue weighted by molar-refractivity contribution is 0.0993. The van der Waals surface area contributed by atoms with E-state index in [2.05, 4.69) is 9.97 Å². The smallest absolute Gasteiger partial charge is 0.271 e. The number of aromatic nitrogens is 3. The molecule has 2 aromatic heterocycles. The van der Waals surface area contributed by atoms with E-state index in [0.717, 1.165) is 29.5 Å². The second-order valence-electron chi connectivity index (χ2n) is 6.21. The molecule has 3 aromatic rings. The van der Waals surface area contributed by atoms with Crippen molar-refractivity contribution in [2.45, 2.75) is 33.2 Å². The molecule has 3 N–H and O–H groups in total. The van der Waals surface area contributed by atoms with Gasteiger partial charge in [0.15, 0.2) is 11.2 Å². The first-order valence-corrected chi connectivity index (χ1v) is 8.22. The standard InChI is InChI=1S/C19H21N5O/c1-12-10-15-16(11-13(12)2)24(18(20)17(23-15)19(21)25)9-3-4-14-5-7-22-8-6-14/h5-8,10-11,20H,3-4,9H2,1-2H3,(H2,21,25). The van der Waals surface area contributed by atoms with E-state index in [-0.39, 0.29) is 11.2 Å². The quantitative estimate of drug-likeness (QED) is 0.748. The Morgan fingerprint density at radius 3 is 2.56 bits per heavy atom. The predicted octanol–water partition coefficient (Wildman–Crippen LogP) is 2.26. The Kier molecular flexibility index (Phi) is 4.61. The van der Waals surface area contributed by atoms with Gasteiger partial charge in [0.2, 0.25) is 0 Å². The Bertz CT molecular complexity index is 992. The minimum Gasteiger partial charge on any atom is -0.364 e. The van der Waals surface area contributed by atoms with Crippen LogP contribution in [-0.4, -0.2) is 20.4 Å². The molecule has 0 saturated carbocycles. The number of nitrogens with one attached hydrogen (secondary N) is 1. The summed E-state index contributed by atoms with van der Waals surface area (Å²) in [7, 11) is 0. The molecule has 3 rings (SSSR count). The van der Waals surface area contributed by atoms with Crippen LogP contribution in [0.3, 0.4) is 0 Å². The molecule has 6 heteroatoms. The van der Waals surface area contributed by atoms with Crippen molar-refractivity contribution in [3.8, 4) is 0 Å². The fraction of sp³-hybridized carbons (Fsp3) is 0.263. The number of nitrogens with two attached hydrogens (primary N) is 1. The van der Waals surface area contributed by atoms with Crippen LogP contribution in [0.25, 0.3) is 11.0 Å². The van der Waals surface area contributed by atoms with Gasteiger partial charge in [-0.15, -0.1) is 0 Å². The average Bonchev–Trinajstić information content (AvgIpc) is 2.59. The summed E-state index contributed by atoms with van der Waals surface area (Å²) in [6, 6.07) is 7.93. The lowest BCUT2D eigenvalue weighted by Crippen LogP contribution is -2.32. The van der Waals surface area contributed by atoms with E-state index in [1.54, 1.807) is 12.4 Å². The van der Waals surface area contributed by atoms with Crippen molar-refractivity contribution in [1.29, 1.82) is 5.41 Å².